The molecule has 1 aliphatic rings. The van der Waals surface area contributed by atoms with Crippen LogP contribution in [0.2, 0.25) is 0 Å². The Labute approximate surface area is 263 Å². The number of likely N-dealkylation sites (N-methyl/N-ethyl adjacent to an activating group) is 1. The lowest BCUT2D eigenvalue weighted by Crippen LogP contribution is -2.31. The third-order valence-electron chi connectivity index (χ3n) is 8.60. The highest BCUT2D eigenvalue weighted by Crippen LogP contribution is 2.32. The Morgan fingerprint density at radius 3 is 2.52 bits per heavy atom. The number of allylic oxidation sites excluding steroid dienone is 1. The van der Waals surface area contributed by atoms with Gasteiger partial charge in [0.2, 0.25) is 0 Å². The molecule has 8 N–H and O–H groups in total. The Kier molecular flexibility index (Phi) is 11.6. The molecule has 1 saturated carbocycles. The van der Waals surface area contributed by atoms with Crippen LogP contribution in [0, 0.1) is 6.92 Å². The molecule has 44 heavy (non-hydrogen) atoms. The van der Waals surface area contributed by atoms with E-state index in [-0.39, 0.29) is 6.04 Å². The zero-order valence-corrected chi connectivity index (χ0v) is 26.7. The highest BCUT2D eigenvalue weighted by molar-refractivity contribution is 5.75. The normalized spacial score (nSPS) is 15.3. The molecule has 0 aliphatic heterocycles. The highest BCUT2D eigenvalue weighted by Gasteiger charge is 2.19. The summed E-state index contributed by atoms with van der Waals surface area (Å²) in [6.07, 6.45) is 16.2. The molecule has 0 amide bonds. The predicted molar refractivity (Wildman–Crippen MR) is 187 cm³/mol. The van der Waals surface area contributed by atoms with Gasteiger partial charge in [0.15, 0.2) is 0 Å². The van der Waals surface area contributed by atoms with Gasteiger partial charge in [-0.1, -0.05) is 68.8 Å². The highest BCUT2D eigenvalue weighted by atomic mass is 15.1. The number of benzene rings is 1. The number of hydrogen-bond acceptors (Lipinski definition) is 8. The van der Waals surface area contributed by atoms with Crippen LogP contribution in [-0.4, -0.2) is 40.5 Å². The van der Waals surface area contributed by atoms with Crippen molar-refractivity contribution in [2.75, 3.05) is 30.4 Å². The third kappa shape index (κ3) is 8.94. The number of aryl methyl sites for hydroxylation is 1. The van der Waals surface area contributed by atoms with E-state index in [2.05, 4.69) is 58.7 Å². The molecule has 3 aromatic rings. The lowest BCUT2D eigenvalue weighted by Gasteiger charge is -2.26. The number of nitrogens with two attached hydrogens (primary N) is 3. The van der Waals surface area contributed by atoms with Crippen molar-refractivity contribution in [2.24, 2.45) is 5.73 Å². The summed E-state index contributed by atoms with van der Waals surface area (Å²) < 4.78 is 0. The number of rotatable bonds is 14. The number of hydrogen-bond donors (Lipinski definition) is 5. The molecule has 0 bridgehead atoms. The Morgan fingerprint density at radius 1 is 1.09 bits per heavy atom. The van der Waals surface area contributed by atoms with Crippen LogP contribution in [0.5, 0.6) is 0 Å². The van der Waals surface area contributed by atoms with Crippen molar-refractivity contribution in [3.8, 4) is 0 Å². The van der Waals surface area contributed by atoms with Gasteiger partial charge in [0.05, 0.1) is 6.04 Å². The largest absolute Gasteiger partial charge is 0.398 e. The smallest absolute Gasteiger partial charge is 0.130 e. The van der Waals surface area contributed by atoms with Crippen molar-refractivity contribution in [1.82, 2.24) is 20.2 Å². The van der Waals surface area contributed by atoms with E-state index in [1.54, 1.807) is 12.4 Å². The van der Waals surface area contributed by atoms with Crippen molar-refractivity contribution >= 4 is 29.1 Å². The van der Waals surface area contributed by atoms with Gasteiger partial charge in [0.25, 0.3) is 0 Å². The number of nitrogen functional groups attached to an aromatic ring is 2. The van der Waals surface area contributed by atoms with Crippen molar-refractivity contribution in [3.63, 3.8) is 0 Å². The number of pyridine rings is 2. The maximum absolute atomic E-state index is 6.70. The Morgan fingerprint density at radius 2 is 1.82 bits per heavy atom. The fourth-order valence-corrected chi connectivity index (χ4v) is 5.66. The van der Waals surface area contributed by atoms with Gasteiger partial charge in [-0.2, -0.15) is 0 Å². The number of nitrogens with one attached hydrogen (secondary N) is 2. The summed E-state index contributed by atoms with van der Waals surface area (Å²) >= 11 is 0. The molecule has 2 unspecified atom stereocenters. The van der Waals surface area contributed by atoms with Crippen molar-refractivity contribution in [1.29, 1.82) is 0 Å². The molecule has 1 aliphatic carbocycles. The lowest BCUT2D eigenvalue weighted by atomic mass is 9.95. The second kappa shape index (κ2) is 15.5. The molecule has 2 aromatic heterocycles. The molecule has 1 aromatic carbocycles. The molecule has 8 heteroatoms. The van der Waals surface area contributed by atoms with Gasteiger partial charge in [0.1, 0.15) is 11.6 Å². The predicted octanol–water partition coefficient (Wildman–Crippen LogP) is 6.63. The van der Waals surface area contributed by atoms with E-state index in [0.717, 1.165) is 58.9 Å². The summed E-state index contributed by atoms with van der Waals surface area (Å²) in [5, 5.41) is 6.91. The zero-order chi connectivity index (χ0) is 31.6. The fourth-order valence-electron chi connectivity index (χ4n) is 5.66. The first-order valence-electron chi connectivity index (χ1n) is 15.7. The first-order valence-corrected chi connectivity index (χ1v) is 15.7. The van der Waals surface area contributed by atoms with Gasteiger partial charge >= 0.3 is 0 Å². The summed E-state index contributed by atoms with van der Waals surface area (Å²) in [4.78, 5) is 11.1. The summed E-state index contributed by atoms with van der Waals surface area (Å²) in [5.41, 5.74) is 26.5. The molecule has 4 rings (SSSR count). The average Bonchev–Trinajstić information content (AvgIpc) is 3.01. The van der Waals surface area contributed by atoms with Gasteiger partial charge in [0, 0.05) is 52.7 Å². The first-order chi connectivity index (χ1) is 21.1. The monoisotopic (exact) mass is 594 g/mol. The molecule has 0 radical (unpaired) electrons. The summed E-state index contributed by atoms with van der Waals surface area (Å²) in [5.74, 6) is 1.08. The second-order valence-electron chi connectivity index (χ2n) is 12.1. The van der Waals surface area contributed by atoms with E-state index < -0.39 is 6.04 Å². The van der Waals surface area contributed by atoms with E-state index >= 15 is 0 Å². The van der Waals surface area contributed by atoms with Gasteiger partial charge < -0.3 is 32.7 Å². The molecule has 0 saturated heterocycles. The summed E-state index contributed by atoms with van der Waals surface area (Å²) in [6, 6.07) is 12.1. The van der Waals surface area contributed by atoms with Crippen LogP contribution in [-0.2, 0) is 0 Å². The van der Waals surface area contributed by atoms with Crippen LogP contribution in [0.1, 0.15) is 85.7 Å². The van der Waals surface area contributed by atoms with E-state index in [0.29, 0.717) is 23.1 Å². The van der Waals surface area contributed by atoms with Crippen LogP contribution < -0.4 is 27.8 Å². The standard InChI is InChI=1S/C36H50N8/c1-24-19-20-40-32(22-24)43-27(4)28-15-17-29(18-16-28)34(37)33-35(38)30(23-41-36(33)39)14-13-26(3)44(5)21-9-10-25(2)42-31-11-7-6-8-12-31/h13-20,22-23,26,31,34,42H,2,4,6-12,21,37H2,1,3,5H3,(H,40,43)(H4,38,39,41)/b14-13+. The maximum Gasteiger partial charge on any atom is 0.130 e. The molecular weight excluding hydrogens is 544 g/mol. The SMILES string of the molecule is C=C(CCCN(C)C(C)/C=C/c1cnc(N)c(C(N)c2ccc(C(=C)Nc3cc(C)ccn3)cc2)c1N)NC1CCCCC1. The van der Waals surface area contributed by atoms with Crippen molar-refractivity contribution in [3.05, 3.63) is 102 Å². The average molecular weight is 595 g/mol. The zero-order valence-electron chi connectivity index (χ0n) is 26.7. The van der Waals surface area contributed by atoms with Crippen molar-refractivity contribution < 1.29 is 0 Å². The van der Waals surface area contributed by atoms with Crippen LogP contribution in [0.25, 0.3) is 11.8 Å². The maximum atomic E-state index is 6.70. The molecule has 0 spiro atoms. The minimum absolute atomic E-state index is 0.216. The number of nitrogens with zero attached hydrogens (tertiary/aromatic N) is 3. The third-order valence-corrected chi connectivity index (χ3v) is 8.60. The molecule has 234 valence electrons. The minimum Gasteiger partial charge on any atom is -0.398 e. The number of anilines is 3. The summed E-state index contributed by atoms with van der Waals surface area (Å²) in [7, 11) is 2.14. The van der Waals surface area contributed by atoms with Crippen LogP contribution in [0.4, 0.5) is 17.3 Å². The van der Waals surface area contributed by atoms with Gasteiger partial charge in [-0.05, 0) is 81.9 Å². The minimum atomic E-state index is -0.528. The van der Waals surface area contributed by atoms with E-state index in [1.165, 1.54) is 32.1 Å². The molecular formula is C36H50N8. The quantitative estimate of drug-likeness (QED) is 0.141. The number of aromatic nitrogens is 2. The molecule has 2 atom stereocenters. The second-order valence-corrected chi connectivity index (χ2v) is 12.1. The topological polar surface area (TPSA) is 131 Å². The van der Waals surface area contributed by atoms with E-state index in [1.807, 2.05) is 49.4 Å². The molecule has 8 nitrogen and oxygen atoms in total. The van der Waals surface area contributed by atoms with Crippen LogP contribution >= 0.6 is 0 Å². The van der Waals surface area contributed by atoms with Crippen LogP contribution in [0.3, 0.4) is 0 Å². The van der Waals surface area contributed by atoms with E-state index in [4.69, 9.17) is 17.2 Å². The first kappa shape index (κ1) is 32.8. The summed E-state index contributed by atoms with van der Waals surface area (Å²) in [6.45, 7) is 13.6. The van der Waals surface area contributed by atoms with Crippen molar-refractivity contribution in [2.45, 2.75) is 76.9 Å². The van der Waals surface area contributed by atoms with Crippen LogP contribution in [0.15, 0.2) is 73.7 Å². The van der Waals surface area contributed by atoms with Gasteiger partial charge in [-0.15, -0.1) is 0 Å². The lowest BCUT2D eigenvalue weighted by molar-refractivity contribution is 0.292. The molecule has 2 heterocycles. The Hall–Kier alpha value is -4.14. The Balaban J connectivity index is 1.34. The van der Waals surface area contributed by atoms with E-state index in [9.17, 15) is 0 Å². The van der Waals surface area contributed by atoms with Gasteiger partial charge in [-0.3, -0.25) is 0 Å². The molecule has 1 fully saturated rings. The Bertz CT molecular complexity index is 1440. The fraction of sp³-hybridized carbons (Fsp3) is 0.389. The van der Waals surface area contributed by atoms with Gasteiger partial charge in [-0.25, -0.2) is 9.97 Å².